The number of benzene rings is 1. The van der Waals surface area contributed by atoms with Gasteiger partial charge in [0.05, 0.1) is 24.9 Å². The monoisotopic (exact) mass is 281 g/mol. The maximum absolute atomic E-state index is 6.17. The lowest BCUT2D eigenvalue weighted by atomic mass is 10.1. The van der Waals surface area contributed by atoms with Crippen LogP contribution in [0.5, 0.6) is 5.75 Å². The van der Waals surface area contributed by atoms with Crippen LogP contribution in [0.1, 0.15) is 38.8 Å². The molecule has 0 bridgehead atoms. The topological polar surface area (TPSA) is 53.7 Å². The Balaban J connectivity index is 2.45. The zero-order chi connectivity index (χ0) is 15.0. The molecule has 20 heavy (non-hydrogen) atoms. The molecule has 4 heteroatoms. The lowest BCUT2D eigenvalue weighted by molar-refractivity contribution is -0.0114. The summed E-state index contributed by atoms with van der Waals surface area (Å²) in [5, 5.41) is 0. The molecule has 0 amide bonds. The summed E-state index contributed by atoms with van der Waals surface area (Å²) in [5.41, 5.74) is 7.00. The first-order valence-corrected chi connectivity index (χ1v) is 7.10. The van der Waals surface area contributed by atoms with Crippen LogP contribution in [-0.4, -0.2) is 32.5 Å². The highest BCUT2D eigenvalue weighted by Gasteiger charge is 2.17. The van der Waals surface area contributed by atoms with Crippen molar-refractivity contribution in [1.82, 2.24) is 0 Å². The van der Waals surface area contributed by atoms with Gasteiger partial charge in [-0.05, 0) is 33.3 Å². The molecule has 2 N–H and O–H groups in total. The highest BCUT2D eigenvalue weighted by molar-refractivity contribution is 5.35. The molecule has 1 aromatic rings. The van der Waals surface area contributed by atoms with E-state index in [9.17, 15) is 0 Å². The maximum atomic E-state index is 6.17. The summed E-state index contributed by atoms with van der Waals surface area (Å²) in [7, 11) is 1.71. The summed E-state index contributed by atoms with van der Waals surface area (Å²) in [5.74, 6) is 0.836. The van der Waals surface area contributed by atoms with Gasteiger partial charge in [-0.3, -0.25) is 0 Å². The third kappa shape index (κ3) is 5.49. The lowest BCUT2D eigenvalue weighted by Crippen LogP contribution is -2.26. The number of methoxy groups -OCH3 is 1. The van der Waals surface area contributed by atoms with Crippen molar-refractivity contribution in [2.75, 3.05) is 26.9 Å². The molecule has 1 aromatic carbocycles. The average molecular weight is 281 g/mol. The van der Waals surface area contributed by atoms with E-state index in [1.54, 1.807) is 7.11 Å². The summed E-state index contributed by atoms with van der Waals surface area (Å²) in [4.78, 5) is 0. The number of rotatable bonds is 9. The molecular formula is C16H27NO3. The van der Waals surface area contributed by atoms with Gasteiger partial charge in [0.1, 0.15) is 5.75 Å². The number of hydrogen-bond acceptors (Lipinski definition) is 4. The molecule has 1 atom stereocenters. The second kappa shape index (κ2) is 8.25. The van der Waals surface area contributed by atoms with Gasteiger partial charge < -0.3 is 19.9 Å². The van der Waals surface area contributed by atoms with Crippen LogP contribution in [-0.2, 0) is 9.47 Å². The summed E-state index contributed by atoms with van der Waals surface area (Å²) >= 11 is 0. The minimum absolute atomic E-state index is 0.159. The minimum atomic E-state index is -0.177. The lowest BCUT2D eigenvalue weighted by Gasteiger charge is -2.23. The molecule has 1 rings (SSSR count). The Morgan fingerprint density at radius 3 is 2.60 bits per heavy atom. The van der Waals surface area contributed by atoms with Crippen molar-refractivity contribution in [3.63, 3.8) is 0 Å². The molecule has 114 valence electrons. The van der Waals surface area contributed by atoms with E-state index < -0.39 is 0 Å². The molecule has 0 saturated carbocycles. The number of para-hydroxylation sites is 1. The molecular weight excluding hydrogens is 254 g/mol. The van der Waals surface area contributed by atoms with Crippen molar-refractivity contribution in [3.05, 3.63) is 29.8 Å². The van der Waals surface area contributed by atoms with Crippen LogP contribution in [0.25, 0.3) is 0 Å². The smallest absolute Gasteiger partial charge is 0.124 e. The standard InChI is InChI=1S/C16H27NO3/c1-5-20-15-9-7-6-8-13(15)14(17)12-19-11-10-16(2,3)18-4/h6-9,14H,5,10-12,17H2,1-4H3. The molecule has 0 aliphatic heterocycles. The molecule has 0 radical (unpaired) electrons. The zero-order valence-electron chi connectivity index (χ0n) is 13.0. The Morgan fingerprint density at radius 1 is 1.25 bits per heavy atom. The van der Waals surface area contributed by atoms with E-state index in [1.807, 2.05) is 45.0 Å². The van der Waals surface area contributed by atoms with E-state index in [4.69, 9.17) is 19.9 Å². The van der Waals surface area contributed by atoms with E-state index in [2.05, 4.69) is 0 Å². The molecule has 0 heterocycles. The van der Waals surface area contributed by atoms with E-state index >= 15 is 0 Å². The molecule has 0 saturated heterocycles. The number of ether oxygens (including phenoxy) is 3. The van der Waals surface area contributed by atoms with Crippen molar-refractivity contribution in [3.8, 4) is 5.75 Å². The second-order valence-electron chi connectivity index (χ2n) is 5.37. The number of hydrogen-bond donors (Lipinski definition) is 1. The van der Waals surface area contributed by atoms with Crippen LogP contribution in [0, 0.1) is 0 Å². The fourth-order valence-electron chi connectivity index (χ4n) is 1.79. The molecule has 0 aromatic heterocycles. The first kappa shape index (κ1) is 17.0. The second-order valence-corrected chi connectivity index (χ2v) is 5.37. The normalized spacial score (nSPS) is 13.2. The first-order chi connectivity index (χ1) is 9.50. The van der Waals surface area contributed by atoms with Gasteiger partial charge in [-0.1, -0.05) is 18.2 Å². The largest absolute Gasteiger partial charge is 0.494 e. The Morgan fingerprint density at radius 2 is 1.95 bits per heavy atom. The Bertz CT molecular complexity index is 393. The van der Waals surface area contributed by atoms with E-state index in [0.717, 1.165) is 17.7 Å². The molecule has 0 aliphatic carbocycles. The highest BCUT2D eigenvalue weighted by atomic mass is 16.5. The van der Waals surface area contributed by atoms with Crippen LogP contribution in [0.4, 0.5) is 0 Å². The summed E-state index contributed by atoms with van der Waals surface area (Å²) in [6, 6.07) is 7.66. The zero-order valence-corrected chi connectivity index (χ0v) is 13.0. The first-order valence-electron chi connectivity index (χ1n) is 7.10. The summed E-state index contributed by atoms with van der Waals surface area (Å²) in [6.45, 7) is 7.79. The van der Waals surface area contributed by atoms with Crippen molar-refractivity contribution in [1.29, 1.82) is 0 Å². The Labute approximate surface area is 122 Å². The van der Waals surface area contributed by atoms with Crippen LogP contribution in [0.2, 0.25) is 0 Å². The van der Waals surface area contributed by atoms with Crippen LogP contribution >= 0.6 is 0 Å². The van der Waals surface area contributed by atoms with Crippen molar-refractivity contribution >= 4 is 0 Å². The average Bonchev–Trinajstić information content (AvgIpc) is 2.44. The summed E-state index contributed by atoms with van der Waals surface area (Å²) in [6.07, 6.45) is 0.837. The minimum Gasteiger partial charge on any atom is -0.494 e. The Kier molecular flexibility index (Phi) is 6.99. The molecule has 4 nitrogen and oxygen atoms in total. The van der Waals surface area contributed by atoms with Gasteiger partial charge >= 0.3 is 0 Å². The van der Waals surface area contributed by atoms with Gasteiger partial charge in [0.2, 0.25) is 0 Å². The van der Waals surface area contributed by atoms with Crippen molar-refractivity contribution < 1.29 is 14.2 Å². The predicted molar refractivity (Wildman–Crippen MR) is 81.1 cm³/mol. The molecule has 0 aliphatic rings. The predicted octanol–water partition coefficient (Wildman–Crippen LogP) is 2.92. The highest BCUT2D eigenvalue weighted by Crippen LogP contribution is 2.24. The fourth-order valence-corrected chi connectivity index (χ4v) is 1.79. The fraction of sp³-hybridized carbons (Fsp3) is 0.625. The van der Waals surface area contributed by atoms with Crippen molar-refractivity contribution in [2.24, 2.45) is 5.73 Å². The van der Waals surface area contributed by atoms with Gasteiger partial charge in [0.25, 0.3) is 0 Å². The van der Waals surface area contributed by atoms with Crippen LogP contribution < -0.4 is 10.5 Å². The molecule has 1 unspecified atom stereocenters. The van der Waals surface area contributed by atoms with Gasteiger partial charge in [0.15, 0.2) is 0 Å². The molecule has 0 fully saturated rings. The van der Waals surface area contributed by atoms with Gasteiger partial charge in [0, 0.05) is 19.3 Å². The SMILES string of the molecule is CCOc1ccccc1C(N)COCCC(C)(C)OC. The van der Waals surface area contributed by atoms with Gasteiger partial charge in [-0.25, -0.2) is 0 Å². The summed E-state index contributed by atoms with van der Waals surface area (Å²) < 4.78 is 16.6. The van der Waals surface area contributed by atoms with Gasteiger partial charge in [-0.15, -0.1) is 0 Å². The van der Waals surface area contributed by atoms with E-state index in [0.29, 0.717) is 19.8 Å². The van der Waals surface area contributed by atoms with Crippen LogP contribution in [0.3, 0.4) is 0 Å². The van der Waals surface area contributed by atoms with E-state index in [-0.39, 0.29) is 11.6 Å². The van der Waals surface area contributed by atoms with Gasteiger partial charge in [-0.2, -0.15) is 0 Å². The van der Waals surface area contributed by atoms with E-state index in [1.165, 1.54) is 0 Å². The van der Waals surface area contributed by atoms with Crippen LogP contribution in [0.15, 0.2) is 24.3 Å². The third-order valence-corrected chi connectivity index (χ3v) is 3.32. The molecule has 0 spiro atoms. The number of nitrogens with two attached hydrogens (primary N) is 1. The van der Waals surface area contributed by atoms with Crippen molar-refractivity contribution in [2.45, 2.75) is 38.8 Å². The third-order valence-electron chi connectivity index (χ3n) is 3.32. The Hall–Kier alpha value is -1.10. The maximum Gasteiger partial charge on any atom is 0.124 e. The quantitative estimate of drug-likeness (QED) is 0.707.